The van der Waals surface area contributed by atoms with Crippen LogP contribution in [0, 0.1) is 10.1 Å². The zero-order chi connectivity index (χ0) is 14.6. The number of nitrogens with zero attached hydrogens (tertiary/aromatic N) is 2. The summed E-state index contributed by atoms with van der Waals surface area (Å²) in [4.78, 5) is 32.5. The molecule has 0 radical (unpaired) electrons. The van der Waals surface area contributed by atoms with Gasteiger partial charge in [-0.1, -0.05) is 0 Å². The lowest BCUT2D eigenvalue weighted by Crippen LogP contribution is -2.15. The SMILES string of the molecule is CCOC(=O)c1cn(C)c([N+](=O)[O-])c1COC(N)=O. The van der Waals surface area contributed by atoms with Crippen molar-refractivity contribution in [3.63, 3.8) is 0 Å². The number of amides is 1. The van der Waals surface area contributed by atoms with Crippen LogP contribution in [0.4, 0.5) is 10.6 Å². The van der Waals surface area contributed by atoms with Gasteiger partial charge in [0.25, 0.3) is 0 Å². The van der Waals surface area contributed by atoms with E-state index in [9.17, 15) is 19.7 Å². The molecule has 0 saturated carbocycles. The monoisotopic (exact) mass is 271 g/mol. The second-order valence-electron chi connectivity index (χ2n) is 3.54. The van der Waals surface area contributed by atoms with E-state index in [-0.39, 0.29) is 23.6 Å². The van der Waals surface area contributed by atoms with E-state index in [1.807, 2.05) is 0 Å². The standard InChI is InChI=1S/C10H13N3O6/c1-3-18-9(14)6-4-12(2)8(13(16)17)7(6)5-19-10(11)15/h4H,3,5H2,1-2H3,(H2,11,15). The summed E-state index contributed by atoms with van der Waals surface area (Å²) in [5, 5.41) is 10.9. The predicted octanol–water partition coefficient (Wildman–Crippen LogP) is 0.705. The summed E-state index contributed by atoms with van der Waals surface area (Å²) in [5.41, 5.74) is 4.72. The van der Waals surface area contributed by atoms with E-state index in [1.54, 1.807) is 6.92 Å². The molecule has 19 heavy (non-hydrogen) atoms. The van der Waals surface area contributed by atoms with Crippen LogP contribution in [0.1, 0.15) is 22.8 Å². The fourth-order valence-corrected chi connectivity index (χ4v) is 1.58. The van der Waals surface area contributed by atoms with E-state index >= 15 is 0 Å². The van der Waals surface area contributed by atoms with Crippen molar-refractivity contribution in [2.45, 2.75) is 13.5 Å². The summed E-state index contributed by atoms with van der Waals surface area (Å²) in [6.45, 7) is 1.26. The highest BCUT2D eigenvalue weighted by Crippen LogP contribution is 2.25. The molecule has 9 nitrogen and oxygen atoms in total. The number of primary amides is 1. The quantitative estimate of drug-likeness (QED) is 0.477. The molecular formula is C10H13N3O6. The number of carbonyl (C=O) groups excluding carboxylic acids is 2. The first-order valence-electron chi connectivity index (χ1n) is 5.30. The van der Waals surface area contributed by atoms with Gasteiger partial charge in [-0.3, -0.25) is 0 Å². The van der Waals surface area contributed by atoms with Gasteiger partial charge in [-0.15, -0.1) is 0 Å². The minimum absolute atomic E-state index is 0.0303. The highest BCUT2D eigenvalue weighted by atomic mass is 16.6. The molecule has 1 rings (SSSR count). The van der Waals surface area contributed by atoms with Gasteiger partial charge in [-0.25, -0.2) is 14.2 Å². The van der Waals surface area contributed by atoms with E-state index in [0.29, 0.717) is 0 Å². The lowest BCUT2D eigenvalue weighted by atomic mass is 10.2. The Labute approximate surface area is 108 Å². The molecule has 1 aromatic heterocycles. The zero-order valence-electron chi connectivity index (χ0n) is 10.4. The van der Waals surface area contributed by atoms with Crippen molar-refractivity contribution >= 4 is 17.9 Å². The second kappa shape index (κ2) is 5.85. The largest absolute Gasteiger partial charge is 0.462 e. The summed E-state index contributed by atoms with van der Waals surface area (Å²) in [6, 6.07) is 0. The van der Waals surface area contributed by atoms with Gasteiger partial charge in [-0.2, -0.15) is 0 Å². The molecule has 0 unspecified atom stereocenters. The van der Waals surface area contributed by atoms with Gasteiger partial charge in [0.1, 0.15) is 23.9 Å². The molecule has 0 spiro atoms. The summed E-state index contributed by atoms with van der Waals surface area (Å²) in [5.74, 6) is -1.08. The van der Waals surface area contributed by atoms with Gasteiger partial charge in [0, 0.05) is 0 Å². The number of rotatable bonds is 5. The fourth-order valence-electron chi connectivity index (χ4n) is 1.58. The number of hydrogen-bond acceptors (Lipinski definition) is 6. The van der Waals surface area contributed by atoms with Crippen molar-refractivity contribution in [2.75, 3.05) is 6.61 Å². The normalized spacial score (nSPS) is 10.0. The van der Waals surface area contributed by atoms with Gasteiger partial charge in [0.15, 0.2) is 0 Å². The van der Waals surface area contributed by atoms with E-state index in [0.717, 1.165) is 4.57 Å². The Balaban J connectivity index is 3.22. The Hall–Kier alpha value is -2.58. The van der Waals surface area contributed by atoms with Crippen LogP contribution in [-0.4, -0.2) is 28.2 Å². The Kier molecular flexibility index (Phi) is 4.46. The molecule has 0 aromatic carbocycles. The molecule has 1 heterocycles. The minimum atomic E-state index is -1.09. The van der Waals surface area contributed by atoms with Crippen LogP contribution in [0.5, 0.6) is 0 Å². The molecule has 0 aliphatic carbocycles. The maximum Gasteiger partial charge on any atom is 0.404 e. The van der Waals surface area contributed by atoms with Crippen molar-refractivity contribution < 1.29 is 24.0 Å². The van der Waals surface area contributed by atoms with Crippen LogP contribution < -0.4 is 5.73 Å². The maximum absolute atomic E-state index is 11.7. The smallest absolute Gasteiger partial charge is 0.404 e. The highest BCUT2D eigenvalue weighted by molar-refractivity contribution is 5.92. The first kappa shape index (κ1) is 14.5. The molecule has 0 aliphatic heterocycles. The molecular weight excluding hydrogens is 258 g/mol. The number of nitro groups is 1. The Bertz CT molecular complexity index is 522. The molecule has 0 fully saturated rings. The van der Waals surface area contributed by atoms with Crippen LogP contribution in [0.2, 0.25) is 0 Å². The van der Waals surface area contributed by atoms with E-state index in [1.165, 1.54) is 13.2 Å². The molecule has 0 bridgehead atoms. The predicted molar refractivity (Wildman–Crippen MR) is 62.4 cm³/mol. The number of esters is 1. The molecule has 9 heteroatoms. The molecule has 0 aliphatic rings. The van der Waals surface area contributed by atoms with E-state index < -0.39 is 23.6 Å². The van der Waals surface area contributed by atoms with Crippen molar-refractivity contribution in [3.05, 3.63) is 27.4 Å². The van der Waals surface area contributed by atoms with Crippen molar-refractivity contribution in [2.24, 2.45) is 12.8 Å². The molecule has 1 amide bonds. The lowest BCUT2D eigenvalue weighted by molar-refractivity contribution is -0.392. The first-order valence-corrected chi connectivity index (χ1v) is 5.30. The summed E-state index contributed by atoms with van der Waals surface area (Å²) < 4.78 is 10.4. The van der Waals surface area contributed by atoms with Crippen LogP contribution in [0.15, 0.2) is 6.20 Å². The van der Waals surface area contributed by atoms with E-state index in [2.05, 4.69) is 4.74 Å². The van der Waals surface area contributed by atoms with E-state index in [4.69, 9.17) is 10.5 Å². The molecule has 2 N–H and O–H groups in total. The number of carbonyl (C=O) groups is 2. The van der Waals surface area contributed by atoms with Crippen LogP contribution in [-0.2, 0) is 23.1 Å². The Morgan fingerprint density at radius 2 is 2.11 bits per heavy atom. The van der Waals surface area contributed by atoms with Gasteiger partial charge in [0.05, 0.1) is 13.7 Å². The minimum Gasteiger partial charge on any atom is -0.462 e. The van der Waals surface area contributed by atoms with Gasteiger partial charge >= 0.3 is 17.9 Å². The van der Waals surface area contributed by atoms with Crippen LogP contribution in [0.3, 0.4) is 0 Å². The highest BCUT2D eigenvalue weighted by Gasteiger charge is 2.28. The Morgan fingerprint density at radius 3 is 2.58 bits per heavy atom. The number of hydrogen-bond donors (Lipinski definition) is 1. The lowest BCUT2D eigenvalue weighted by Gasteiger charge is -2.04. The van der Waals surface area contributed by atoms with Crippen LogP contribution >= 0.6 is 0 Å². The van der Waals surface area contributed by atoms with Gasteiger partial charge in [-0.05, 0) is 11.8 Å². The maximum atomic E-state index is 11.7. The Morgan fingerprint density at radius 1 is 1.47 bits per heavy atom. The van der Waals surface area contributed by atoms with Crippen molar-refractivity contribution in [1.29, 1.82) is 0 Å². The number of aryl methyl sites for hydroxylation is 1. The third-order valence-electron chi connectivity index (χ3n) is 2.28. The van der Waals surface area contributed by atoms with Gasteiger partial charge < -0.3 is 25.3 Å². The van der Waals surface area contributed by atoms with Gasteiger partial charge in [0.2, 0.25) is 0 Å². The third-order valence-corrected chi connectivity index (χ3v) is 2.28. The topological polar surface area (TPSA) is 127 Å². The molecule has 1 aromatic rings. The average molecular weight is 271 g/mol. The van der Waals surface area contributed by atoms with Crippen molar-refractivity contribution in [1.82, 2.24) is 4.57 Å². The van der Waals surface area contributed by atoms with Crippen LogP contribution in [0.25, 0.3) is 0 Å². The second-order valence-corrected chi connectivity index (χ2v) is 3.54. The number of aromatic nitrogens is 1. The summed E-state index contributed by atoms with van der Waals surface area (Å²) in [7, 11) is 1.40. The number of ether oxygens (including phenoxy) is 2. The number of nitrogens with two attached hydrogens (primary N) is 1. The third kappa shape index (κ3) is 3.21. The average Bonchev–Trinajstić information content (AvgIpc) is 2.63. The zero-order valence-corrected chi connectivity index (χ0v) is 10.4. The summed E-state index contributed by atoms with van der Waals surface area (Å²) in [6.07, 6.45) is 0.156. The van der Waals surface area contributed by atoms with Crippen molar-refractivity contribution in [3.8, 4) is 0 Å². The summed E-state index contributed by atoms with van der Waals surface area (Å²) >= 11 is 0. The fraction of sp³-hybridized carbons (Fsp3) is 0.400. The molecule has 0 saturated heterocycles. The first-order chi connectivity index (χ1) is 8.88. The molecule has 0 atom stereocenters. The molecule has 104 valence electrons.